The van der Waals surface area contributed by atoms with Crippen LogP contribution < -0.4 is 5.56 Å². The zero-order valence-corrected chi connectivity index (χ0v) is 11.9. The van der Waals surface area contributed by atoms with Gasteiger partial charge >= 0.3 is 0 Å². The van der Waals surface area contributed by atoms with Crippen LogP contribution in [-0.4, -0.2) is 20.3 Å². The van der Waals surface area contributed by atoms with Gasteiger partial charge in [0.1, 0.15) is 0 Å². The molecule has 0 aliphatic heterocycles. The molecule has 0 saturated carbocycles. The van der Waals surface area contributed by atoms with E-state index in [1.165, 1.54) is 24.5 Å². The Balaban J connectivity index is 2.00. The Bertz CT molecular complexity index is 978. The van der Waals surface area contributed by atoms with E-state index in [-0.39, 0.29) is 23.4 Å². The molecular weight excluding hydrogens is 298 g/mol. The smallest absolute Gasteiger partial charge is 0.280 e. The molecule has 23 heavy (non-hydrogen) atoms. The van der Waals surface area contributed by atoms with Crippen molar-refractivity contribution in [1.82, 2.24) is 9.55 Å². The number of Topliss-reactive ketones (excluding diaryl/α,β-unsaturated/α-hetero) is 1. The molecule has 0 saturated heterocycles. The molecule has 3 aromatic rings. The maximum Gasteiger partial charge on any atom is 0.280 e. The SMILES string of the molecule is O=C(Cn1cnc2ccccc2c1=O)c1ccccc1[N+](=O)[O-]. The number of carbonyl (C=O) groups excluding carboxylic acids is 1. The fourth-order valence-corrected chi connectivity index (χ4v) is 2.33. The van der Waals surface area contributed by atoms with Gasteiger partial charge in [0.2, 0.25) is 0 Å². The van der Waals surface area contributed by atoms with Crippen molar-refractivity contribution < 1.29 is 9.72 Å². The molecule has 0 spiro atoms. The summed E-state index contributed by atoms with van der Waals surface area (Å²) in [6.07, 6.45) is 1.28. The zero-order valence-electron chi connectivity index (χ0n) is 11.9. The topological polar surface area (TPSA) is 95.1 Å². The standard InChI is InChI=1S/C16H11N3O4/c20-15(12-6-2-4-8-14(12)19(22)23)9-18-10-17-13-7-3-1-5-11(13)16(18)21/h1-8,10H,9H2. The molecule has 0 unspecified atom stereocenters. The minimum absolute atomic E-state index is 0.0300. The Labute approximate surface area is 130 Å². The average Bonchev–Trinajstić information content (AvgIpc) is 2.57. The second-order valence-electron chi connectivity index (χ2n) is 4.89. The number of aromatic nitrogens is 2. The van der Waals surface area contributed by atoms with Crippen molar-refractivity contribution in [2.45, 2.75) is 6.54 Å². The molecule has 7 heteroatoms. The first-order valence-corrected chi connectivity index (χ1v) is 6.79. The van der Waals surface area contributed by atoms with E-state index >= 15 is 0 Å². The molecule has 0 atom stereocenters. The number of carbonyl (C=O) groups is 1. The molecule has 1 aromatic heterocycles. The van der Waals surface area contributed by atoms with Gasteiger partial charge in [-0.1, -0.05) is 24.3 Å². The number of hydrogen-bond donors (Lipinski definition) is 0. The lowest BCUT2D eigenvalue weighted by atomic mass is 10.1. The van der Waals surface area contributed by atoms with E-state index in [9.17, 15) is 19.7 Å². The number of nitrogens with zero attached hydrogens (tertiary/aromatic N) is 3. The Morgan fingerprint density at radius 2 is 1.83 bits per heavy atom. The molecule has 0 N–H and O–H groups in total. The normalized spacial score (nSPS) is 10.6. The van der Waals surface area contributed by atoms with E-state index in [4.69, 9.17) is 0 Å². The number of para-hydroxylation sites is 2. The van der Waals surface area contributed by atoms with Crippen molar-refractivity contribution in [3.05, 3.63) is 80.9 Å². The van der Waals surface area contributed by atoms with Gasteiger partial charge in [-0.2, -0.15) is 0 Å². The molecule has 114 valence electrons. The number of nitro groups is 1. The first-order chi connectivity index (χ1) is 11.1. The highest BCUT2D eigenvalue weighted by atomic mass is 16.6. The summed E-state index contributed by atoms with van der Waals surface area (Å²) >= 11 is 0. The van der Waals surface area contributed by atoms with Crippen molar-refractivity contribution in [1.29, 1.82) is 0 Å². The van der Waals surface area contributed by atoms with Crippen LogP contribution in [0.3, 0.4) is 0 Å². The average molecular weight is 309 g/mol. The molecule has 0 radical (unpaired) electrons. The number of hydrogen-bond acceptors (Lipinski definition) is 5. The summed E-state index contributed by atoms with van der Waals surface area (Å²) in [5.41, 5.74) is -0.133. The van der Waals surface area contributed by atoms with E-state index in [2.05, 4.69) is 4.98 Å². The zero-order chi connectivity index (χ0) is 16.4. The Hall–Kier alpha value is -3.35. The number of benzene rings is 2. The second-order valence-corrected chi connectivity index (χ2v) is 4.89. The summed E-state index contributed by atoms with van der Waals surface area (Å²) < 4.78 is 1.15. The molecule has 2 aromatic carbocycles. The highest BCUT2D eigenvalue weighted by Crippen LogP contribution is 2.18. The minimum atomic E-state index is -0.616. The summed E-state index contributed by atoms with van der Waals surface area (Å²) in [7, 11) is 0. The third-order valence-corrected chi connectivity index (χ3v) is 3.45. The lowest BCUT2D eigenvalue weighted by Crippen LogP contribution is -2.25. The minimum Gasteiger partial charge on any atom is -0.292 e. The van der Waals surface area contributed by atoms with Crippen LogP contribution in [0.4, 0.5) is 5.69 Å². The maximum atomic E-state index is 12.4. The number of fused-ring (bicyclic) bond motifs is 1. The predicted octanol–water partition coefficient (Wildman–Crippen LogP) is 2.19. The van der Waals surface area contributed by atoms with Crippen molar-refractivity contribution in [3.8, 4) is 0 Å². The highest BCUT2D eigenvalue weighted by Gasteiger charge is 2.19. The third-order valence-electron chi connectivity index (χ3n) is 3.45. The van der Waals surface area contributed by atoms with Gasteiger partial charge in [0.05, 0.1) is 34.3 Å². The quantitative estimate of drug-likeness (QED) is 0.418. The molecule has 7 nitrogen and oxygen atoms in total. The van der Waals surface area contributed by atoms with Gasteiger partial charge < -0.3 is 0 Å². The summed E-state index contributed by atoms with van der Waals surface area (Å²) in [6, 6.07) is 12.5. The van der Waals surface area contributed by atoms with Crippen LogP contribution in [0, 0.1) is 10.1 Å². The van der Waals surface area contributed by atoms with E-state index in [1.54, 1.807) is 30.3 Å². The molecule has 0 fully saturated rings. The summed E-state index contributed by atoms with van der Waals surface area (Å²) in [6.45, 7) is -0.304. The molecule has 0 amide bonds. The van der Waals surface area contributed by atoms with Crippen molar-refractivity contribution in [3.63, 3.8) is 0 Å². The van der Waals surface area contributed by atoms with Crippen LogP contribution in [0.1, 0.15) is 10.4 Å². The molecule has 1 heterocycles. The van der Waals surface area contributed by atoms with E-state index in [1.807, 2.05) is 0 Å². The summed E-state index contributed by atoms with van der Waals surface area (Å²) in [4.78, 5) is 39.2. The fourth-order valence-electron chi connectivity index (χ4n) is 2.33. The fraction of sp³-hybridized carbons (Fsp3) is 0.0625. The summed E-state index contributed by atoms with van der Waals surface area (Å²) in [5, 5.41) is 11.4. The van der Waals surface area contributed by atoms with Crippen molar-refractivity contribution in [2.75, 3.05) is 0 Å². The lowest BCUT2D eigenvalue weighted by molar-refractivity contribution is -0.385. The largest absolute Gasteiger partial charge is 0.292 e. The van der Waals surface area contributed by atoms with Gasteiger partial charge in [0.15, 0.2) is 5.78 Å². The molecular formula is C16H11N3O4. The molecule has 3 rings (SSSR count). The Morgan fingerprint density at radius 3 is 2.61 bits per heavy atom. The van der Waals surface area contributed by atoms with Crippen LogP contribution in [0.5, 0.6) is 0 Å². The third kappa shape index (κ3) is 2.71. The first-order valence-electron chi connectivity index (χ1n) is 6.79. The van der Waals surface area contributed by atoms with Gasteiger partial charge in [0.25, 0.3) is 11.2 Å². The van der Waals surface area contributed by atoms with Crippen molar-refractivity contribution in [2.24, 2.45) is 0 Å². The van der Waals surface area contributed by atoms with Gasteiger partial charge in [0, 0.05) is 6.07 Å². The number of rotatable bonds is 4. The predicted molar refractivity (Wildman–Crippen MR) is 83.4 cm³/mol. The lowest BCUT2D eigenvalue weighted by Gasteiger charge is -2.06. The molecule has 0 bridgehead atoms. The van der Waals surface area contributed by atoms with Crippen LogP contribution in [0.25, 0.3) is 10.9 Å². The first kappa shape index (κ1) is 14.6. The highest BCUT2D eigenvalue weighted by molar-refractivity contribution is 5.99. The van der Waals surface area contributed by atoms with Crippen LogP contribution in [0.15, 0.2) is 59.7 Å². The van der Waals surface area contributed by atoms with E-state index < -0.39 is 10.7 Å². The molecule has 0 aliphatic carbocycles. The number of nitro benzene ring substituents is 1. The monoisotopic (exact) mass is 309 g/mol. The summed E-state index contributed by atoms with van der Waals surface area (Å²) in [5.74, 6) is -0.517. The van der Waals surface area contributed by atoms with Crippen molar-refractivity contribution >= 4 is 22.4 Å². The van der Waals surface area contributed by atoms with Gasteiger partial charge in [-0.05, 0) is 18.2 Å². The van der Waals surface area contributed by atoms with Gasteiger partial charge in [-0.3, -0.25) is 24.3 Å². The van der Waals surface area contributed by atoms with Crippen LogP contribution in [-0.2, 0) is 6.54 Å². The van der Waals surface area contributed by atoms with Gasteiger partial charge in [-0.15, -0.1) is 0 Å². The Kier molecular flexibility index (Phi) is 3.68. The van der Waals surface area contributed by atoms with Crippen LogP contribution in [0.2, 0.25) is 0 Å². The second kappa shape index (κ2) is 5.80. The number of ketones is 1. The Morgan fingerprint density at radius 1 is 1.13 bits per heavy atom. The maximum absolute atomic E-state index is 12.4. The molecule has 0 aliphatic rings. The van der Waals surface area contributed by atoms with E-state index in [0.717, 1.165) is 4.57 Å². The van der Waals surface area contributed by atoms with E-state index in [0.29, 0.717) is 10.9 Å². The van der Waals surface area contributed by atoms with Gasteiger partial charge in [-0.25, -0.2) is 4.98 Å². The van der Waals surface area contributed by atoms with Crippen LogP contribution >= 0.6 is 0 Å².